The van der Waals surface area contributed by atoms with Gasteiger partial charge in [0.2, 0.25) is 0 Å². The van der Waals surface area contributed by atoms with Crippen LogP contribution in [0.3, 0.4) is 0 Å². The number of anilines is 1. The number of hydrogen-bond acceptors (Lipinski definition) is 4. The van der Waals surface area contributed by atoms with Gasteiger partial charge in [-0.3, -0.25) is 0 Å². The number of benzene rings is 1. The van der Waals surface area contributed by atoms with Crippen molar-refractivity contribution >= 4 is 17.7 Å². The quantitative estimate of drug-likeness (QED) is 0.616. The molecule has 0 fully saturated rings. The predicted molar refractivity (Wildman–Crippen MR) is 66.4 cm³/mol. The minimum absolute atomic E-state index is 0.0824. The summed E-state index contributed by atoms with van der Waals surface area (Å²) in [6.07, 6.45) is -0.0824. The molecule has 0 unspecified atom stereocenters. The van der Waals surface area contributed by atoms with Crippen LogP contribution in [-0.4, -0.2) is 34.9 Å². The summed E-state index contributed by atoms with van der Waals surface area (Å²) in [6.45, 7) is -0.346. The molecule has 0 aliphatic heterocycles. The molecule has 0 bridgehead atoms. The fraction of sp³-hybridized carbons (Fsp3) is 0.250. The van der Waals surface area contributed by atoms with Gasteiger partial charge in [-0.2, -0.15) is 5.26 Å². The summed E-state index contributed by atoms with van der Waals surface area (Å²) >= 11 is 0. The molecule has 1 rings (SSSR count). The molecule has 0 spiro atoms. The topological polar surface area (TPSA) is 122 Å². The number of nitriles is 1. The lowest BCUT2D eigenvalue weighted by Gasteiger charge is -2.14. The molecule has 4 N–H and O–H groups in total. The maximum atomic E-state index is 11.6. The molecule has 7 heteroatoms. The summed E-state index contributed by atoms with van der Waals surface area (Å²) in [4.78, 5) is 22.3. The van der Waals surface area contributed by atoms with Crippen LogP contribution < -0.4 is 10.6 Å². The van der Waals surface area contributed by atoms with Gasteiger partial charge in [0, 0.05) is 18.7 Å². The van der Waals surface area contributed by atoms with Crippen LogP contribution in [0.15, 0.2) is 24.3 Å². The van der Waals surface area contributed by atoms with Gasteiger partial charge in [0.1, 0.15) is 6.04 Å². The molecule has 100 valence electrons. The van der Waals surface area contributed by atoms with Crippen molar-refractivity contribution in [2.45, 2.75) is 12.5 Å². The molecule has 19 heavy (non-hydrogen) atoms. The van der Waals surface area contributed by atoms with E-state index in [1.54, 1.807) is 18.2 Å². The van der Waals surface area contributed by atoms with Gasteiger partial charge in [-0.05, 0) is 18.2 Å². The van der Waals surface area contributed by atoms with Crippen molar-refractivity contribution in [2.75, 3.05) is 11.9 Å². The molecule has 0 saturated heterocycles. The van der Waals surface area contributed by atoms with E-state index in [2.05, 4.69) is 10.6 Å². The van der Waals surface area contributed by atoms with E-state index < -0.39 is 18.0 Å². The Morgan fingerprint density at radius 1 is 1.42 bits per heavy atom. The van der Waals surface area contributed by atoms with Crippen LogP contribution >= 0.6 is 0 Å². The second-order valence-corrected chi connectivity index (χ2v) is 3.69. The minimum atomic E-state index is -1.23. The first-order valence-electron chi connectivity index (χ1n) is 5.48. The average Bonchev–Trinajstić information content (AvgIpc) is 2.38. The first kappa shape index (κ1) is 14.5. The molecule has 0 radical (unpaired) electrons. The monoisotopic (exact) mass is 263 g/mol. The zero-order valence-corrected chi connectivity index (χ0v) is 9.96. The predicted octanol–water partition coefficient (Wildman–Crippen LogP) is 0.515. The van der Waals surface area contributed by atoms with Crippen molar-refractivity contribution in [2.24, 2.45) is 0 Å². The molecular weight excluding hydrogens is 250 g/mol. The third-order valence-corrected chi connectivity index (χ3v) is 2.27. The van der Waals surface area contributed by atoms with E-state index >= 15 is 0 Å². The first-order valence-corrected chi connectivity index (χ1v) is 5.48. The Morgan fingerprint density at radius 2 is 2.16 bits per heavy atom. The van der Waals surface area contributed by atoms with Gasteiger partial charge in [0.15, 0.2) is 0 Å². The molecule has 0 aliphatic carbocycles. The van der Waals surface area contributed by atoms with Gasteiger partial charge in [0.05, 0.1) is 11.6 Å². The standard InChI is InChI=1S/C12H13N3O4/c13-7-8-2-1-3-9(6-8)14-12(19)15-10(4-5-16)11(17)18/h1-3,6,10,16H,4-5H2,(H,17,18)(H2,14,15,19)/t10-/m1/s1. The zero-order chi connectivity index (χ0) is 14.3. The van der Waals surface area contributed by atoms with E-state index in [4.69, 9.17) is 15.5 Å². The lowest BCUT2D eigenvalue weighted by Crippen LogP contribution is -2.43. The van der Waals surface area contributed by atoms with Gasteiger partial charge >= 0.3 is 12.0 Å². The summed E-state index contributed by atoms with van der Waals surface area (Å²) in [5, 5.41) is 30.8. The first-order chi connectivity index (χ1) is 9.06. The van der Waals surface area contributed by atoms with Crippen LogP contribution in [0.4, 0.5) is 10.5 Å². The number of carbonyl (C=O) groups is 2. The Balaban J connectivity index is 2.63. The molecule has 0 heterocycles. The number of carbonyl (C=O) groups excluding carboxylic acids is 1. The highest BCUT2D eigenvalue weighted by Crippen LogP contribution is 2.09. The molecular formula is C12H13N3O4. The van der Waals surface area contributed by atoms with Crippen molar-refractivity contribution in [3.8, 4) is 6.07 Å². The second-order valence-electron chi connectivity index (χ2n) is 3.69. The van der Waals surface area contributed by atoms with E-state index in [9.17, 15) is 9.59 Å². The van der Waals surface area contributed by atoms with Crippen molar-refractivity contribution < 1.29 is 19.8 Å². The van der Waals surface area contributed by atoms with Gasteiger partial charge in [-0.15, -0.1) is 0 Å². The third-order valence-electron chi connectivity index (χ3n) is 2.27. The highest BCUT2D eigenvalue weighted by molar-refractivity contribution is 5.92. The molecule has 1 aromatic carbocycles. The number of aliphatic hydroxyl groups excluding tert-OH is 1. The summed E-state index contributed by atoms with van der Waals surface area (Å²) in [6, 6.07) is 6.25. The Bertz CT molecular complexity index is 510. The fourth-order valence-electron chi connectivity index (χ4n) is 1.38. The van der Waals surface area contributed by atoms with Gasteiger partial charge in [-0.25, -0.2) is 9.59 Å². The largest absolute Gasteiger partial charge is 0.480 e. The molecule has 1 aromatic rings. The number of carboxylic acids is 1. The Hall–Kier alpha value is -2.59. The fourth-order valence-corrected chi connectivity index (χ4v) is 1.38. The molecule has 0 aromatic heterocycles. The summed E-state index contributed by atoms with van der Waals surface area (Å²) < 4.78 is 0. The molecule has 0 aliphatic rings. The van der Waals surface area contributed by atoms with Gasteiger partial charge in [-0.1, -0.05) is 6.07 Å². The van der Waals surface area contributed by atoms with E-state index in [1.165, 1.54) is 6.07 Å². The molecule has 2 amide bonds. The SMILES string of the molecule is N#Cc1cccc(NC(=O)N[C@H](CCO)C(=O)O)c1. The van der Waals surface area contributed by atoms with Gasteiger partial charge in [0.25, 0.3) is 0 Å². The number of nitrogens with zero attached hydrogens (tertiary/aromatic N) is 1. The number of nitrogens with one attached hydrogen (secondary N) is 2. The molecule has 7 nitrogen and oxygen atoms in total. The summed E-state index contributed by atoms with van der Waals surface area (Å²) in [7, 11) is 0. The van der Waals surface area contributed by atoms with E-state index in [-0.39, 0.29) is 13.0 Å². The van der Waals surface area contributed by atoms with Crippen LogP contribution in [0.25, 0.3) is 0 Å². The third kappa shape index (κ3) is 4.65. The van der Waals surface area contributed by atoms with Crippen molar-refractivity contribution in [3.63, 3.8) is 0 Å². The van der Waals surface area contributed by atoms with Crippen LogP contribution in [0.1, 0.15) is 12.0 Å². The molecule has 0 saturated carbocycles. The highest BCUT2D eigenvalue weighted by atomic mass is 16.4. The zero-order valence-electron chi connectivity index (χ0n) is 9.96. The van der Waals surface area contributed by atoms with Crippen LogP contribution in [0, 0.1) is 11.3 Å². The summed E-state index contributed by atoms with van der Waals surface area (Å²) in [5.74, 6) is -1.23. The summed E-state index contributed by atoms with van der Waals surface area (Å²) in [5.41, 5.74) is 0.757. The Labute approximate surface area is 109 Å². The number of amides is 2. The van der Waals surface area contributed by atoms with E-state index in [0.29, 0.717) is 11.3 Å². The Kier molecular flexibility index (Phi) is 5.32. The Morgan fingerprint density at radius 3 is 2.74 bits per heavy atom. The second kappa shape index (κ2) is 6.98. The van der Waals surface area contributed by atoms with Crippen LogP contribution in [0.5, 0.6) is 0 Å². The minimum Gasteiger partial charge on any atom is -0.480 e. The maximum absolute atomic E-state index is 11.6. The van der Waals surface area contributed by atoms with E-state index in [1.807, 2.05) is 6.07 Å². The lowest BCUT2D eigenvalue weighted by molar-refractivity contribution is -0.139. The molecule has 1 atom stereocenters. The smallest absolute Gasteiger partial charge is 0.326 e. The average molecular weight is 263 g/mol. The van der Waals surface area contributed by atoms with Crippen LogP contribution in [-0.2, 0) is 4.79 Å². The number of urea groups is 1. The van der Waals surface area contributed by atoms with Crippen molar-refractivity contribution in [1.29, 1.82) is 5.26 Å². The number of rotatable bonds is 5. The maximum Gasteiger partial charge on any atom is 0.326 e. The lowest BCUT2D eigenvalue weighted by atomic mass is 10.2. The normalized spacial score (nSPS) is 11.2. The number of carboxylic acid groups (broad SMARTS) is 1. The van der Waals surface area contributed by atoms with Crippen molar-refractivity contribution in [3.05, 3.63) is 29.8 Å². The highest BCUT2D eigenvalue weighted by Gasteiger charge is 2.19. The van der Waals surface area contributed by atoms with Crippen molar-refractivity contribution in [1.82, 2.24) is 5.32 Å². The van der Waals surface area contributed by atoms with E-state index in [0.717, 1.165) is 0 Å². The number of aliphatic carboxylic acids is 1. The van der Waals surface area contributed by atoms with Gasteiger partial charge < -0.3 is 20.8 Å². The number of aliphatic hydroxyl groups is 1. The van der Waals surface area contributed by atoms with Crippen LogP contribution in [0.2, 0.25) is 0 Å². The number of hydrogen-bond donors (Lipinski definition) is 4.